The Balaban J connectivity index is 1.90. The van der Waals surface area contributed by atoms with Crippen LogP contribution in [0.3, 0.4) is 0 Å². The molecule has 0 aromatic heterocycles. The highest BCUT2D eigenvalue weighted by Crippen LogP contribution is 2.35. The van der Waals surface area contributed by atoms with Crippen molar-refractivity contribution in [2.45, 2.75) is 57.9 Å². The Morgan fingerprint density at radius 1 is 1.21 bits per heavy atom. The quantitative estimate of drug-likeness (QED) is 0.718. The summed E-state index contributed by atoms with van der Waals surface area (Å²) >= 11 is 0. The Bertz CT molecular complexity index is 226. The molecule has 0 amide bonds. The zero-order valence-corrected chi connectivity index (χ0v) is 9.47. The summed E-state index contributed by atoms with van der Waals surface area (Å²) in [6, 6.07) is 0. The molecule has 80 valence electrons. The topological polar surface area (TPSA) is 24.4 Å². The molecule has 0 aromatic carbocycles. The SMILES string of the molecule is CC(C)(NC1=NCCCC1)C1CCC1. The maximum atomic E-state index is 4.56. The molecule has 1 aliphatic carbocycles. The third-order valence-corrected chi connectivity index (χ3v) is 3.72. The zero-order valence-electron chi connectivity index (χ0n) is 9.47. The van der Waals surface area contributed by atoms with Crippen LogP contribution >= 0.6 is 0 Å². The van der Waals surface area contributed by atoms with Crippen LogP contribution in [0.2, 0.25) is 0 Å². The van der Waals surface area contributed by atoms with E-state index in [0.29, 0.717) is 0 Å². The molecular weight excluding hydrogens is 172 g/mol. The maximum absolute atomic E-state index is 4.56. The minimum atomic E-state index is 0.272. The molecule has 0 aromatic rings. The number of nitrogens with one attached hydrogen (secondary N) is 1. The molecule has 0 saturated heterocycles. The summed E-state index contributed by atoms with van der Waals surface area (Å²) in [4.78, 5) is 4.56. The predicted molar refractivity (Wildman–Crippen MR) is 60.7 cm³/mol. The van der Waals surface area contributed by atoms with Crippen molar-refractivity contribution in [1.82, 2.24) is 5.32 Å². The van der Waals surface area contributed by atoms with Crippen LogP contribution in [-0.2, 0) is 0 Å². The van der Waals surface area contributed by atoms with Crippen LogP contribution in [0.5, 0.6) is 0 Å². The van der Waals surface area contributed by atoms with E-state index in [4.69, 9.17) is 0 Å². The highest BCUT2D eigenvalue weighted by molar-refractivity contribution is 5.83. The van der Waals surface area contributed by atoms with E-state index in [1.165, 1.54) is 37.9 Å². The second-order valence-corrected chi connectivity index (χ2v) is 5.26. The zero-order chi connectivity index (χ0) is 10.0. The van der Waals surface area contributed by atoms with E-state index in [-0.39, 0.29) is 5.54 Å². The monoisotopic (exact) mass is 194 g/mol. The second kappa shape index (κ2) is 3.92. The number of hydrogen-bond donors (Lipinski definition) is 1. The first-order chi connectivity index (χ1) is 6.68. The minimum Gasteiger partial charge on any atom is -0.369 e. The lowest BCUT2D eigenvalue weighted by Crippen LogP contribution is -2.51. The van der Waals surface area contributed by atoms with Crippen LogP contribution in [0.25, 0.3) is 0 Å². The molecule has 1 saturated carbocycles. The lowest BCUT2D eigenvalue weighted by atomic mass is 9.72. The van der Waals surface area contributed by atoms with E-state index in [1.807, 2.05) is 0 Å². The first kappa shape index (κ1) is 10.0. The van der Waals surface area contributed by atoms with E-state index >= 15 is 0 Å². The largest absolute Gasteiger partial charge is 0.369 e. The van der Waals surface area contributed by atoms with Gasteiger partial charge in [-0.3, -0.25) is 4.99 Å². The van der Waals surface area contributed by atoms with Crippen LogP contribution in [0, 0.1) is 5.92 Å². The van der Waals surface area contributed by atoms with Gasteiger partial charge in [-0.15, -0.1) is 0 Å². The fraction of sp³-hybridized carbons (Fsp3) is 0.917. The summed E-state index contributed by atoms with van der Waals surface area (Å²) in [6.45, 7) is 5.69. The Morgan fingerprint density at radius 2 is 2.00 bits per heavy atom. The highest BCUT2D eigenvalue weighted by Gasteiger charge is 2.34. The van der Waals surface area contributed by atoms with Gasteiger partial charge < -0.3 is 5.32 Å². The summed E-state index contributed by atoms with van der Waals surface area (Å²) in [5, 5.41) is 3.65. The van der Waals surface area contributed by atoms with Gasteiger partial charge in [-0.25, -0.2) is 0 Å². The molecule has 0 atom stereocenters. The van der Waals surface area contributed by atoms with E-state index < -0.39 is 0 Å². The van der Waals surface area contributed by atoms with Crippen LogP contribution in [-0.4, -0.2) is 17.9 Å². The summed E-state index contributed by atoms with van der Waals surface area (Å²) in [6.07, 6.45) is 7.96. The molecule has 2 rings (SSSR count). The van der Waals surface area contributed by atoms with Gasteiger partial charge in [0.2, 0.25) is 0 Å². The molecule has 2 aliphatic rings. The average Bonchev–Trinajstić information content (AvgIpc) is 2.00. The van der Waals surface area contributed by atoms with E-state index in [9.17, 15) is 0 Å². The Kier molecular flexibility index (Phi) is 2.80. The normalized spacial score (nSPS) is 24.0. The first-order valence-corrected chi connectivity index (χ1v) is 6.00. The molecule has 0 bridgehead atoms. The molecule has 1 heterocycles. The van der Waals surface area contributed by atoms with Gasteiger partial charge in [0.1, 0.15) is 0 Å². The Morgan fingerprint density at radius 3 is 2.50 bits per heavy atom. The van der Waals surface area contributed by atoms with Gasteiger partial charge in [0, 0.05) is 18.5 Å². The van der Waals surface area contributed by atoms with Gasteiger partial charge >= 0.3 is 0 Å². The third-order valence-electron chi connectivity index (χ3n) is 3.72. The van der Waals surface area contributed by atoms with Crippen molar-refractivity contribution in [1.29, 1.82) is 0 Å². The second-order valence-electron chi connectivity index (χ2n) is 5.26. The Hall–Kier alpha value is -0.530. The van der Waals surface area contributed by atoms with Gasteiger partial charge in [-0.1, -0.05) is 6.42 Å². The fourth-order valence-electron chi connectivity index (χ4n) is 2.40. The van der Waals surface area contributed by atoms with E-state index in [1.54, 1.807) is 0 Å². The van der Waals surface area contributed by atoms with Crippen molar-refractivity contribution < 1.29 is 0 Å². The lowest BCUT2D eigenvalue weighted by molar-refractivity contribution is 0.178. The molecule has 0 spiro atoms. The van der Waals surface area contributed by atoms with Crippen molar-refractivity contribution in [3.63, 3.8) is 0 Å². The smallest absolute Gasteiger partial charge is 0.0967 e. The van der Waals surface area contributed by atoms with Gasteiger partial charge in [0.05, 0.1) is 5.84 Å². The van der Waals surface area contributed by atoms with Gasteiger partial charge in [0.25, 0.3) is 0 Å². The first-order valence-electron chi connectivity index (χ1n) is 6.00. The number of hydrogen-bond acceptors (Lipinski definition) is 2. The molecule has 1 N–H and O–H groups in total. The molecular formula is C12H22N2. The fourth-order valence-corrected chi connectivity index (χ4v) is 2.40. The maximum Gasteiger partial charge on any atom is 0.0967 e. The van der Waals surface area contributed by atoms with Gasteiger partial charge in [-0.2, -0.15) is 0 Å². The molecule has 1 fully saturated rings. The summed E-state index contributed by atoms with van der Waals surface area (Å²) in [7, 11) is 0. The van der Waals surface area contributed by atoms with Crippen LogP contribution in [0.4, 0.5) is 0 Å². The molecule has 0 unspecified atom stereocenters. The average molecular weight is 194 g/mol. The van der Waals surface area contributed by atoms with Crippen molar-refractivity contribution >= 4 is 5.84 Å². The standard InChI is InChI=1S/C12H22N2/c1-12(2,10-6-5-7-10)14-11-8-3-4-9-13-11/h10H,3-9H2,1-2H3,(H,13,14). The van der Waals surface area contributed by atoms with Crippen molar-refractivity contribution in [2.24, 2.45) is 10.9 Å². The number of rotatable bonds is 2. The summed E-state index contributed by atoms with van der Waals surface area (Å²) in [5.74, 6) is 2.13. The van der Waals surface area contributed by atoms with Crippen LogP contribution in [0.15, 0.2) is 4.99 Å². The predicted octanol–water partition coefficient (Wildman–Crippen LogP) is 2.74. The van der Waals surface area contributed by atoms with Gasteiger partial charge in [0.15, 0.2) is 0 Å². The number of nitrogens with zero attached hydrogens (tertiary/aromatic N) is 1. The van der Waals surface area contributed by atoms with Crippen LogP contribution < -0.4 is 5.32 Å². The van der Waals surface area contributed by atoms with Crippen molar-refractivity contribution in [3.8, 4) is 0 Å². The highest BCUT2D eigenvalue weighted by atomic mass is 15.1. The van der Waals surface area contributed by atoms with Crippen molar-refractivity contribution in [2.75, 3.05) is 6.54 Å². The van der Waals surface area contributed by atoms with Crippen molar-refractivity contribution in [3.05, 3.63) is 0 Å². The minimum absolute atomic E-state index is 0.272. The molecule has 1 aliphatic heterocycles. The third kappa shape index (κ3) is 2.10. The lowest BCUT2D eigenvalue weighted by Gasteiger charge is -2.42. The van der Waals surface area contributed by atoms with E-state index in [0.717, 1.165) is 18.9 Å². The molecule has 14 heavy (non-hydrogen) atoms. The summed E-state index contributed by atoms with van der Waals surface area (Å²) in [5.41, 5.74) is 0.272. The van der Waals surface area contributed by atoms with E-state index in [2.05, 4.69) is 24.2 Å². The van der Waals surface area contributed by atoms with Gasteiger partial charge in [-0.05, 0) is 45.4 Å². The Labute approximate surface area is 87.2 Å². The molecule has 0 radical (unpaired) electrons. The van der Waals surface area contributed by atoms with Crippen LogP contribution in [0.1, 0.15) is 52.4 Å². The molecule has 2 heteroatoms. The summed E-state index contributed by atoms with van der Waals surface area (Å²) < 4.78 is 0. The molecule has 2 nitrogen and oxygen atoms in total. The number of aliphatic imine (C=N–C) groups is 1. The number of amidine groups is 1.